The Morgan fingerprint density at radius 1 is 1.40 bits per heavy atom. The van der Waals surface area contributed by atoms with Crippen molar-refractivity contribution in [2.75, 3.05) is 20.1 Å². The van der Waals surface area contributed by atoms with E-state index >= 15 is 0 Å². The Bertz CT molecular complexity index is 196. The third kappa shape index (κ3) is 9.48. The summed E-state index contributed by atoms with van der Waals surface area (Å²) in [6.45, 7) is 0.400. The molecule has 15 heavy (non-hydrogen) atoms. The largest absolute Gasteiger partial charge is 0.390 e. The lowest BCUT2D eigenvalue weighted by Crippen LogP contribution is -2.31. The second-order valence-electron chi connectivity index (χ2n) is 3.34. The van der Waals surface area contributed by atoms with E-state index < -0.39 is 12.6 Å². The number of nitrogens with zero attached hydrogens (tertiary/aromatic N) is 1. The van der Waals surface area contributed by atoms with Crippen LogP contribution in [-0.2, 0) is 4.79 Å². The maximum absolute atomic E-state index is 11.8. The van der Waals surface area contributed by atoms with Gasteiger partial charge in [0.1, 0.15) is 0 Å². The normalized spacial score (nSPS) is 11.9. The summed E-state index contributed by atoms with van der Waals surface area (Å²) in [7, 11) is 1.59. The van der Waals surface area contributed by atoms with Gasteiger partial charge in [0.05, 0.1) is 6.42 Å². The van der Waals surface area contributed by atoms with E-state index in [0.29, 0.717) is 13.0 Å². The number of nitrogens with one attached hydrogen (secondary N) is 1. The Balaban J connectivity index is 3.49. The van der Waals surface area contributed by atoms with Crippen LogP contribution >= 0.6 is 0 Å². The molecule has 0 fully saturated rings. The summed E-state index contributed by atoms with van der Waals surface area (Å²) >= 11 is 0. The molecule has 90 valence electrons. The molecule has 0 aromatic carbocycles. The molecule has 0 aliphatic carbocycles. The molecule has 4 nitrogen and oxygen atoms in total. The molecule has 0 aliphatic rings. The average molecular weight is 227 g/mol. The molecular weight excluding hydrogens is 211 g/mol. The number of nitrogens with two attached hydrogens (primary N) is 1. The second kappa shape index (κ2) is 6.62. The fraction of sp³-hybridized carbons (Fsp3) is 0.875. The standard InChI is InChI=1S/C8H16F3N3O/c1-14(6-4-8(9,10)11)5-2-3-7(15)13-12/h2-6,12H2,1H3,(H,13,15). The van der Waals surface area contributed by atoms with E-state index in [0.717, 1.165) is 0 Å². The lowest BCUT2D eigenvalue weighted by atomic mass is 10.3. The van der Waals surface area contributed by atoms with E-state index in [1.165, 1.54) is 4.90 Å². The van der Waals surface area contributed by atoms with Crippen molar-refractivity contribution in [3.8, 4) is 0 Å². The Labute approximate surface area is 86.6 Å². The Hall–Kier alpha value is -0.820. The molecule has 0 spiro atoms. The van der Waals surface area contributed by atoms with Gasteiger partial charge in [-0.05, 0) is 20.0 Å². The molecule has 0 aromatic rings. The summed E-state index contributed by atoms with van der Waals surface area (Å²) in [5, 5.41) is 0. The first-order valence-electron chi connectivity index (χ1n) is 4.60. The van der Waals surface area contributed by atoms with E-state index in [1.54, 1.807) is 7.05 Å². The molecule has 1 amide bonds. The summed E-state index contributed by atoms with van der Waals surface area (Å²) < 4.78 is 35.4. The monoisotopic (exact) mass is 227 g/mol. The number of hydrogen-bond acceptors (Lipinski definition) is 3. The second-order valence-corrected chi connectivity index (χ2v) is 3.34. The zero-order valence-corrected chi connectivity index (χ0v) is 8.60. The number of hydrogen-bond donors (Lipinski definition) is 2. The quantitative estimate of drug-likeness (QED) is 0.398. The molecule has 0 aliphatic heterocycles. The average Bonchev–Trinajstić information content (AvgIpc) is 2.13. The number of carbonyl (C=O) groups excluding carboxylic acids is 1. The van der Waals surface area contributed by atoms with Gasteiger partial charge in [0.25, 0.3) is 0 Å². The summed E-state index contributed by atoms with van der Waals surface area (Å²) in [5.74, 6) is 4.54. The van der Waals surface area contributed by atoms with Crippen LogP contribution in [0.2, 0.25) is 0 Å². The van der Waals surface area contributed by atoms with Crippen LogP contribution in [0.3, 0.4) is 0 Å². The highest BCUT2D eigenvalue weighted by atomic mass is 19.4. The number of alkyl halides is 3. The van der Waals surface area contributed by atoms with Crippen LogP contribution in [0.4, 0.5) is 13.2 Å². The van der Waals surface area contributed by atoms with Gasteiger partial charge in [-0.2, -0.15) is 13.2 Å². The zero-order chi connectivity index (χ0) is 11.9. The Morgan fingerprint density at radius 3 is 2.47 bits per heavy atom. The first-order chi connectivity index (χ1) is 6.85. The zero-order valence-electron chi connectivity index (χ0n) is 8.60. The molecule has 7 heteroatoms. The minimum Gasteiger partial charge on any atom is -0.306 e. The van der Waals surface area contributed by atoms with Gasteiger partial charge < -0.3 is 4.90 Å². The predicted molar refractivity (Wildman–Crippen MR) is 49.7 cm³/mol. The van der Waals surface area contributed by atoms with Crippen LogP contribution in [-0.4, -0.2) is 37.1 Å². The molecule has 0 saturated heterocycles. The van der Waals surface area contributed by atoms with E-state index in [-0.39, 0.29) is 18.9 Å². The number of rotatable bonds is 6. The van der Waals surface area contributed by atoms with Gasteiger partial charge in [0, 0.05) is 13.0 Å². The summed E-state index contributed by atoms with van der Waals surface area (Å²) in [4.78, 5) is 12.2. The van der Waals surface area contributed by atoms with Crippen molar-refractivity contribution in [1.82, 2.24) is 10.3 Å². The molecule has 0 saturated carbocycles. The highest BCUT2D eigenvalue weighted by molar-refractivity contribution is 5.75. The van der Waals surface area contributed by atoms with Gasteiger partial charge in [0.2, 0.25) is 5.91 Å². The molecule has 0 rings (SSSR count). The van der Waals surface area contributed by atoms with Crippen LogP contribution in [0.1, 0.15) is 19.3 Å². The maximum atomic E-state index is 11.8. The third-order valence-corrected chi connectivity index (χ3v) is 1.88. The minimum absolute atomic E-state index is 0.0479. The molecule has 0 aromatic heterocycles. The van der Waals surface area contributed by atoms with Crippen molar-refractivity contribution in [2.45, 2.75) is 25.4 Å². The molecule has 0 heterocycles. The molecule has 0 atom stereocenters. The highest BCUT2D eigenvalue weighted by Gasteiger charge is 2.26. The van der Waals surface area contributed by atoms with E-state index in [4.69, 9.17) is 5.84 Å². The fourth-order valence-electron chi connectivity index (χ4n) is 1.01. The van der Waals surface area contributed by atoms with Gasteiger partial charge in [-0.3, -0.25) is 10.2 Å². The predicted octanol–water partition coefficient (Wildman–Crippen LogP) is 0.641. The van der Waals surface area contributed by atoms with Crippen molar-refractivity contribution in [2.24, 2.45) is 5.84 Å². The summed E-state index contributed by atoms with van der Waals surface area (Å²) in [6, 6.07) is 0. The molecular formula is C8H16F3N3O. The van der Waals surface area contributed by atoms with Crippen LogP contribution < -0.4 is 11.3 Å². The van der Waals surface area contributed by atoms with Crippen molar-refractivity contribution in [1.29, 1.82) is 0 Å². The maximum Gasteiger partial charge on any atom is 0.390 e. The fourth-order valence-corrected chi connectivity index (χ4v) is 1.01. The molecule has 0 radical (unpaired) electrons. The van der Waals surface area contributed by atoms with E-state index in [1.807, 2.05) is 5.43 Å². The summed E-state index contributed by atoms with van der Waals surface area (Å²) in [5.41, 5.74) is 1.96. The Morgan fingerprint density at radius 2 is 2.00 bits per heavy atom. The van der Waals surface area contributed by atoms with Gasteiger partial charge >= 0.3 is 6.18 Å². The molecule has 3 N–H and O–H groups in total. The van der Waals surface area contributed by atoms with Gasteiger partial charge in [-0.1, -0.05) is 0 Å². The van der Waals surface area contributed by atoms with Gasteiger partial charge in [-0.15, -0.1) is 0 Å². The van der Waals surface area contributed by atoms with Crippen molar-refractivity contribution < 1.29 is 18.0 Å². The Kier molecular flexibility index (Phi) is 6.26. The number of halogens is 3. The number of carbonyl (C=O) groups is 1. The van der Waals surface area contributed by atoms with Gasteiger partial charge in [-0.25, -0.2) is 5.84 Å². The number of hydrazine groups is 1. The minimum atomic E-state index is -4.12. The first-order valence-corrected chi connectivity index (χ1v) is 4.60. The van der Waals surface area contributed by atoms with Crippen molar-refractivity contribution in [3.05, 3.63) is 0 Å². The van der Waals surface area contributed by atoms with Gasteiger partial charge in [0.15, 0.2) is 0 Å². The molecule has 0 unspecified atom stereocenters. The van der Waals surface area contributed by atoms with E-state index in [9.17, 15) is 18.0 Å². The smallest absolute Gasteiger partial charge is 0.306 e. The summed E-state index contributed by atoms with van der Waals surface area (Å²) in [6.07, 6.45) is -4.22. The molecule has 0 bridgehead atoms. The first kappa shape index (κ1) is 14.2. The van der Waals surface area contributed by atoms with Crippen molar-refractivity contribution >= 4 is 5.91 Å². The van der Waals surface area contributed by atoms with E-state index in [2.05, 4.69) is 0 Å². The lowest BCUT2D eigenvalue weighted by Gasteiger charge is -2.17. The lowest BCUT2D eigenvalue weighted by molar-refractivity contribution is -0.137. The van der Waals surface area contributed by atoms with Crippen molar-refractivity contribution in [3.63, 3.8) is 0 Å². The van der Waals surface area contributed by atoms with Crippen LogP contribution in [0.15, 0.2) is 0 Å². The topological polar surface area (TPSA) is 58.4 Å². The SMILES string of the molecule is CN(CCCC(=O)NN)CCC(F)(F)F. The number of amides is 1. The third-order valence-electron chi connectivity index (χ3n) is 1.88. The van der Waals surface area contributed by atoms with Crippen LogP contribution in [0.5, 0.6) is 0 Å². The highest BCUT2D eigenvalue weighted by Crippen LogP contribution is 2.19. The van der Waals surface area contributed by atoms with Crippen LogP contribution in [0, 0.1) is 0 Å². The van der Waals surface area contributed by atoms with Crippen LogP contribution in [0.25, 0.3) is 0 Å².